The number of nitrogens with two attached hydrogens (primary N) is 1. The first-order valence-electron chi connectivity index (χ1n) is 8.37. The summed E-state index contributed by atoms with van der Waals surface area (Å²) in [6.45, 7) is 0. The highest BCUT2D eigenvalue weighted by atomic mass is 19.4. The lowest BCUT2D eigenvalue weighted by Crippen LogP contribution is -2.36. The molecular weight excluding hydrogens is 327 g/mol. The molecule has 1 heterocycles. The van der Waals surface area contributed by atoms with Gasteiger partial charge in [-0.25, -0.2) is 0 Å². The number of aromatic nitrogens is 1. The minimum atomic E-state index is -5.42. The standard InChI is InChI=1S/C17H25F5N2/c18-16(19,17(20,21)22)12-8-6-4-2-1-3-5-7-9-15-11-10-14(23)13-24-15/h10-11,13H,1-9,12,23H2. The molecule has 0 aliphatic carbocycles. The van der Waals surface area contributed by atoms with E-state index in [-0.39, 0.29) is 6.42 Å². The van der Waals surface area contributed by atoms with Crippen LogP contribution in [0.5, 0.6) is 0 Å². The van der Waals surface area contributed by atoms with Crippen molar-refractivity contribution in [2.24, 2.45) is 0 Å². The Bertz CT molecular complexity index is 457. The number of unbranched alkanes of at least 4 members (excludes halogenated alkanes) is 7. The summed E-state index contributed by atoms with van der Waals surface area (Å²) in [7, 11) is 0. The van der Waals surface area contributed by atoms with Gasteiger partial charge in [-0.15, -0.1) is 0 Å². The van der Waals surface area contributed by atoms with Crippen LogP contribution >= 0.6 is 0 Å². The van der Waals surface area contributed by atoms with Crippen molar-refractivity contribution in [1.29, 1.82) is 0 Å². The van der Waals surface area contributed by atoms with Crippen molar-refractivity contribution < 1.29 is 22.0 Å². The largest absolute Gasteiger partial charge is 0.453 e. The fourth-order valence-electron chi connectivity index (χ4n) is 2.44. The first-order chi connectivity index (χ1) is 11.2. The molecule has 2 N–H and O–H groups in total. The first kappa shape index (κ1) is 20.6. The van der Waals surface area contributed by atoms with Gasteiger partial charge in [0, 0.05) is 12.1 Å². The van der Waals surface area contributed by atoms with Crippen LogP contribution in [0.2, 0.25) is 0 Å². The highest BCUT2D eigenvalue weighted by Crippen LogP contribution is 2.39. The summed E-state index contributed by atoms with van der Waals surface area (Å²) in [4.78, 5) is 4.22. The van der Waals surface area contributed by atoms with Gasteiger partial charge in [0.05, 0.1) is 11.9 Å². The lowest BCUT2D eigenvalue weighted by Gasteiger charge is -2.19. The molecule has 0 aliphatic heterocycles. The highest BCUT2D eigenvalue weighted by Gasteiger charge is 2.56. The molecule has 7 heteroatoms. The quantitative estimate of drug-likeness (QED) is 0.397. The third-order valence-corrected chi connectivity index (χ3v) is 3.94. The second kappa shape index (κ2) is 9.79. The maximum absolute atomic E-state index is 12.7. The highest BCUT2D eigenvalue weighted by molar-refractivity contribution is 5.34. The van der Waals surface area contributed by atoms with Crippen LogP contribution in [0, 0.1) is 0 Å². The maximum Gasteiger partial charge on any atom is 0.453 e. The van der Waals surface area contributed by atoms with E-state index in [1.54, 1.807) is 6.20 Å². The zero-order valence-electron chi connectivity index (χ0n) is 13.7. The number of nitrogens with zero attached hydrogens (tertiary/aromatic N) is 1. The van der Waals surface area contributed by atoms with Crippen molar-refractivity contribution in [2.45, 2.75) is 76.3 Å². The smallest absolute Gasteiger partial charge is 0.397 e. The van der Waals surface area contributed by atoms with Gasteiger partial charge in [-0.05, 0) is 31.4 Å². The summed E-state index contributed by atoms with van der Waals surface area (Å²) in [5, 5.41) is 0. The number of aryl methyl sites for hydroxylation is 1. The number of rotatable bonds is 11. The van der Waals surface area contributed by atoms with Crippen molar-refractivity contribution in [3.8, 4) is 0 Å². The molecule has 1 aromatic heterocycles. The van der Waals surface area contributed by atoms with Crippen LogP contribution in [0.25, 0.3) is 0 Å². The van der Waals surface area contributed by atoms with Crippen molar-refractivity contribution in [3.63, 3.8) is 0 Å². The van der Waals surface area contributed by atoms with Gasteiger partial charge >= 0.3 is 12.1 Å². The molecule has 0 spiro atoms. The van der Waals surface area contributed by atoms with Gasteiger partial charge in [-0.2, -0.15) is 22.0 Å². The number of hydrogen-bond donors (Lipinski definition) is 1. The van der Waals surface area contributed by atoms with Crippen LogP contribution in [0.1, 0.15) is 63.5 Å². The van der Waals surface area contributed by atoms with E-state index in [0.717, 1.165) is 44.2 Å². The molecule has 1 rings (SSSR count). The van der Waals surface area contributed by atoms with E-state index in [4.69, 9.17) is 5.73 Å². The van der Waals surface area contributed by atoms with Crippen LogP contribution in [0.3, 0.4) is 0 Å². The fraction of sp³-hybridized carbons (Fsp3) is 0.706. The fourth-order valence-corrected chi connectivity index (χ4v) is 2.44. The lowest BCUT2D eigenvalue weighted by atomic mass is 10.0. The third-order valence-electron chi connectivity index (χ3n) is 3.94. The number of alkyl halides is 5. The molecule has 24 heavy (non-hydrogen) atoms. The first-order valence-corrected chi connectivity index (χ1v) is 8.37. The van der Waals surface area contributed by atoms with Crippen LogP contribution < -0.4 is 5.73 Å². The van der Waals surface area contributed by atoms with Crippen molar-refractivity contribution in [2.75, 3.05) is 5.73 Å². The molecule has 0 atom stereocenters. The molecule has 0 amide bonds. The molecule has 0 radical (unpaired) electrons. The van der Waals surface area contributed by atoms with Crippen molar-refractivity contribution in [1.82, 2.24) is 4.98 Å². The summed E-state index contributed by atoms with van der Waals surface area (Å²) < 4.78 is 61.2. The number of pyridine rings is 1. The van der Waals surface area contributed by atoms with Gasteiger partial charge < -0.3 is 5.73 Å². The third kappa shape index (κ3) is 7.93. The maximum atomic E-state index is 12.7. The Morgan fingerprint density at radius 2 is 1.33 bits per heavy atom. The molecule has 0 saturated carbocycles. The minimum absolute atomic E-state index is 0.0880. The average Bonchev–Trinajstić information content (AvgIpc) is 2.49. The summed E-state index contributed by atoms with van der Waals surface area (Å²) in [6, 6.07) is 3.73. The molecule has 0 unspecified atom stereocenters. The van der Waals surface area contributed by atoms with Crippen molar-refractivity contribution >= 4 is 5.69 Å². The molecule has 0 saturated heterocycles. The number of nitrogen functional groups attached to an aromatic ring is 1. The lowest BCUT2D eigenvalue weighted by molar-refractivity contribution is -0.284. The van der Waals surface area contributed by atoms with Crippen LogP contribution in [0.4, 0.5) is 27.6 Å². The summed E-state index contributed by atoms with van der Waals surface area (Å²) >= 11 is 0. The minimum Gasteiger partial charge on any atom is -0.397 e. The predicted octanol–water partition coefficient (Wildman–Crippen LogP) is 5.91. The SMILES string of the molecule is Nc1ccc(CCCCCCCCCCC(F)(F)C(F)(F)F)nc1. The van der Waals surface area contributed by atoms with Crippen LogP contribution in [0.15, 0.2) is 18.3 Å². The zero-order valence-corrected chi connectivity index (χ0v) is 13.7. The second-order valence-electron chi connectivity index (χ2n) is 6.11. The average molecular weight is 352 g/mol. The Labute approximate surface area is 139 Å². The Balaban J connectivity index is 1.95. The van der Waals surface area contributed by atoms with Gasteiger partial charge in [0.2, 0.25) is 0 Å². The Morgan fingerprint density at radius 3 is 1.83 bits per heavy atom. The molecule has 2 nitrogen and oxygen atoms in total. The molecule has 0 aliphatic rings. The predicted molar refractivity (Wildman–Crippen MR) is 84.9 cm³/mol. The van der Waals surface area contributed by atoms with Crippen molar-refractivity contribution in [3.05, 3.63) is 24.0 Å². The molecule has 0 aromatic carbocycles. The molecule has 0 fully saturated rings. The van der Waals surface area contributed by atoms with Gasteiger partial charge in [0.15, 0.2) is 0 Å². The van der Waals surface area contributed by atoms with Crippen LogP contribution in [-0.2, 0) is 6.42 Å². The normalized spacial score (nSPS) is 12.5. The Morgan fingerprint density at radius 1 is 0.792 bits per heavy atom. The number of halogens is 5. The van der Waals surface area contributed by atoms with Gasteiger partial charge in [-0.1, -0.05) is 38.5 Å². The number of hydrogen-bond acceptors (Lipinski definition) is 2. The topological polar surface area (TPSA) is 38.9 Å². The summed E-state index contributed by atoms with van der Waals surface area (Å²) in [5.41, 5.74) is 7.21. The van der Waals surface area contributed by atoms with E-state index in [1.807, 2.05) is 12.1 Å². The molecule has 0 bridgehead atoms. The van der Waals surface area contributed by atoms with Crippen LogP contribution in [-0.4, -0.2) is 17.1 Å². The van der Waals surface area contributed by atoms with E-state index in [9.17, 15) is 22.0 Å². The number of anilines is 1. The molecular formula is C17H25F5N2. The van der Waals surface area contributed by atoms with Gasteiger partial charge in [0.1, 0.15) is 0 Å². The second-order valence-corrected chi connectivity index (χ2v) is 6.11. The van der Waals surface area contributed by atoms with E-state index in [0.29, 0.717) is 18.5 Å². The Kier molecular flexibility index (Phi) is 8.42. The Hall–Kier alpha value is -1.40. The van der Waals surface area contributed by atoms with Gasteiger partial charge in [-0.3, -0.25) is 4.98 Å². The van der Waals surface area contributed by atoms with E-state index >= 15 is 0 Å². The van der Waals surface area contributed by atoms with E-state index < -0.39 is 18.5 Å². The molecule has 1 aromatic rings. The molecule has 138 valence electrons. The summed E-state index contributed by atoms with van der Waals surface area (Å²) in [6.07, 6.45) is 1.99. The van der Waals surface area contributed by atoms with E-state index in [1.165, 1.54) is 0 Å². The zero-order chi connectivity index (χ0) is 18.1. The van der Waals surface area contributed by atoms with Gasteiger partial charge in [0.25, 0.3) is 0 Å². The van der Waals surface area contributed by atoms with E-state index in [2.05, 4.69) is 4.98 Å². The monoisotopic (exact) mass is 352 g/mol. The summed E-state index contributed by atoms with van der Waals surface area (Å²) in [5.74, 6) is -4.55.